The highest BCUT2D eigenvalue weighted by molar-refractivity contribution is 6.13. The van der Waals surface area contributed by atoms with Crippen LogP contribution in [0.15, 0.2) is 279 Å². The molecule has 0 radical (unpaired) electrons. The van der Waals surface area contributed by atoms with Gasteiger partial charge >= 0.3 is 0 Å². The minimum Gasteiger partial charge on any atom is -0.310 e. The maximum absolute atomic E-state index is 2.47. The largest absolute Gasteiger partial charge is 0.310 e. The third-order valence-electron chi connectivity index (χ3n) is 15.1. The van der Waals surface area contributed by atoms with Gasteiger partial charge in [-0.1, -0.05) is 218 Å². The number of benzene rings is 12. The van der Waals surface area contributed by atoms with Crippen LogP contribution in [0.25, 0.3) is 82.4 Å². The summed E-state index contributed by atoms with van der Waals surface area (Å²) in [5.74, 6) is 0. The Morgan fingerprint density at radius 1 is 0.310 bits per heavy atom. The van der Waals surface area contributed by atoms with E-state index in [1.165, 1.54) is 99.0 Å². The summed E-state index contributed by atoms with van der Waals surface area (Å²) in [5.41, 5.74) is 18.7. The first-order chi connectivity index (χ1) is 35.2. The number of aromatic nitrogens is 1. The van der Waals surface area contributed by atoms with Crippen LogP contribution in [0, 0.1) is 0 Å². The first-order valence-corrected chi connectivity index (χ1v) is 24.6. The van der Waals surface area contributed by atoms with Gasteiger partial charge in [0.05, 0.1) is 22.1 Å². The van der Waals surface area contributed by atoms with Gasteiger partial charge in [0.2, 0.25) is 0 Å². The Hall–Kier alpha value is -9.24. The molecule has 0 saturated heterocycles. The molecule has 12 aromatic carbocycles. The molecule has 0 aliphatic heterocycles. The Bertz CT molecular complexity index is 4090. The van der Waals surface area contributed by atoms with Gasteiger partial charge < -0.3 is 9.47 Å². The summed E-state index contributed by atoms with van der Waals surface area (Å²) >= 11 is 0. The van der Waals surface area contributed by atoms with Crippen LogP contribution in [-0.2, 0) is 5.41 Å². The van der Waals surface area contributed by atoms with Gasteiger partial charge in [-0.05, 0) is 132 Å². The smallest absolute Gasteiger partial charge is 0.0714 e. The Balaban J connectivity index is 0.948. The standard InChI is InChI=1S/C69H46N2/c1-4-19-51(20-5-1)69(52-21-6-2-7-22-52)63-30-14-12-27-61(63)68-64(69)31-17-33-67(68)70(55-42-36-49(37-43-55)57-28-16-29-58-56-25-11-10-18-48(56)38-44-59(57)58)54-40-34-47(35-41-54)50-39-45-66-62(46-50)60-26-13-15-32-65(60)71(66)53-23-8-3-9-24-53/h1-46H. The molecule has 0 amide bonds. The Morgan fingerprint density at radius 2 is 0.859 bits per heavy atom. The lowest BCUT2D eigenvalue weighted by Crippen LogP contribution is -2.28. The lowest BCUT2D eigenvalue weighted by Gasteiger charge is -2.34. The molecule has 1 aliphatic rings. The maximum atomic E-state index is 2.47. The van der Waals surface area contributed by atoms with Gasteiger partial charge in [0.25, 0.3) is 0 Å². The molecule has 13 aromatic rings. The van der Waals surface area contributed by atoms with Crippen molar-refractivity contribution in [2.24, 2.45) is 0 Å². The van der Waals surface area contributed by atoms with E-state index in [0.717, 1.165) is 22.7 Å². The van der Waals surface area contributed by atoms with E-state index in [2.05, 4.69) is 289 Å². The fraction of sp³-hybridized carbons (Fsp3) is 0.0145. The Morgan fingerprint density at radius 3 is 1.61 bits per heavy atom. The predicted molar refractivity (Wildman–Crippen MR) is 299 cm³/mol. The monoisotopic (exact) mass is 902 g/mol. The minimum absolute atomic E-state index is 0.523. The number of para-hydroxylation sites is 2. The number of nitrogens with zero attached hydrogens (tertiary/aromatic N) is 2. The SMILES string of the molecule is c1ccc(-n2c3ccccc3c3cc(-c4ccc(N(c5ccc(-c6cccc7c6ccc6ccccc67)cc5)c5cccc6c5-c5ccccc5C6(c5ccccc5)c5ccccc5)cc4)ccc32)cc1. The van der Waals surface area contributed by atoms with Crippen molar-refractivity contribution in [3.05, 3.63) is 301 Å². The highest BCUT2D eigenvalue weighted by atomic mass is 15.1. The number of anilines is 3. The van der Waals surface area contributed by atoms with E-state index in [-0.39, 0.29) is 0 Å². The highest BCUT2D eigenvalue weighted by Gasteiger charge is 2.47. The van der Waals surface area contributed by atoms with Gasteiger partial charge in [-0.25, -0.2) is 0 Å². The third-order valence-corrected chi connectivity index (χ3v) is 15.1. The fourth-order valence-corrected chi connectivity index (χ4v) is 12.0. The lowest BCUT2D eigenvalue weighted by molar-refractivity contribution is 0.768. The van der Waals surface area contributed by atoms with Crippen molar-refractivity contribution >= 4 is 60.4 Å². The molecular weight excluding hydrogens is 857 g/mol. The van der Waals surface area contributed by atoms with Crippen molar-refractivity contribution in [2.75, 3.05) is 4.90 Å². The molecule has 1 aliphatic carbocycles. The van der Waals surface area contributed by atoms with Gasteiger partial charge in [0.1, 0.15) is 0 Å². The molecule has 0 N–H and O–H groups in total. The molecule has 14 rings (SSSR count). The Labute approximate surface area is 413 Å². The van der Waals surface area contributed by atoms with Crippen molar-refractivity contribution in [2.45, 2.75) is 5.41 Å². The van der Waals surface area contributed by atoms with Gasteiger partial charge in [0.15, 0.2) is 0 Å². The predicted octanol–water partition coefficient (Wildman–Crippen LogP) is 18.3. The minimum atomic E-state index is -0.523. The number of hydrogen-bond acceptors (Lipinski definition) is 1. The zero-order valence-electron chi connectivity index (χ0n) is 39.0. The first kappa shape index (κ1) is 40.8. The average molecular weight is 903 g/mol. The molecule has 0 bridgehead atoms. The summed E-state index contributed by atoms with van der Waals surface area (Å²) in [5, 5.41) is 7.54. The molecule has 1 aromatic heterocycles. The summed E-state index contributed by atoms with van der Waals surface area (Å²) in [6, 6.07) is 103. The van der Waals surface area contributed by atoms with Crippen LogP contribution in [0.5, 0.6) is 0 Å². The zero-order chi connectivity index (χ0) is 46.9. The first-order valence-electron chi connectivity index (χ1n) is 24.6. The van der Waals surface area contributed by atoms with Crippen LogP contribution in [-0.4, -0.2) is 4.57 Å². The van der Waals surface area contributed by atoms with Crippen molar-refractivity contribution < 1.29 is 0 Å². The molecule has 2 nitrogen and oxygen atoms in total. The van der Waals surface area contributed by atoms with E-state index in [1.54, 1.807) is 0 Å². The van der Waals surface area contributed by atoms with Crippen LogP contribution < -0.4 is 4.90 Å². The van der Waals surface area contributed by atoms with Gasteiger partial charge in [-0.2, -0.15) is 0 Å². The topological polar surface area (TPSA) is 8.17 Å². The van der Waals surface area contributed by atoms with E-state index in [9.17, 15) is 0 Å². The second-order valence-corrected chi connectivity index (χ2v) is 18.8. The summed E-state index contributed by atoms with van der Waals surface area (Å²) < 4.78 is 2.38. The molecule has 2 heteroatoms. The number of hydrogen-bond donors (Lipinski definition) is 0. The van der Waals surface area contributed by atoms with Crippen LogP contribution in [0.4, 0.5) is 17.1 Å². The van der Waals surface area contributed by atoms with E-state index < -0.39 is 5.41 Å². The quantitative estimate of drug-likeness (QED) is 0.138. The van der Waals surface area contributed by atoms with Gasteiger partial charge in [-0.15, -0.1) is 0 Å². The summed E-state index contributed by atoms with van der Waals surface area (Å²) in [4.78, 5) is 2.47. The molecule has 332 valence electrons. The van der Waals surface area contributed by atoms with Crippen LogP contribution >= 0.6 is 0 Å². The van der Waals surface area contributed by atoms with Crippen molar-refractivity contribution in [3.8, 4) is 39.1 Å². The fourth-order valence-electron chi connectivity index (χ4n) is 12.0. The van der Waals surface area contributed by atoms with Gasteiger partial charge in [-0.3, -0.25) is 0 Å². The molecule has 0 fully saturated rings. The lowest BCUT2D eigenvalue weighted by atomic mass is 9.68. The van der Waals surface area contributed by atoms with Crippen LogP contribution in [0.2, 0.25) is 0 Å². The molecular formula is C69H46N2. The van der Waals surface area contributed by atoms with Crippen LogP contribution in [0.3, 0.4) is 0 Å². The van der Waals surface area contributed by atoms with E-state index in [1.807, 2.05) is 0 Å². The summed E-state index contributed by atoms with van der Waals surface area (Å²) in [6.07, 6.45) is 0. The van der Waals surface area contributed by atoms with E-state index in [4.69, 9.17) is 0 Å². The second-order valence-electron chi connectivity index (χ2n) is 18.8. The average Bonchev–Trinajstić information content (AvgIpc) is 3.95. The summed E-state index contributed by atoms with van der Waals surface area (Å²) in [7, 11) is 0. The second kappa shape index (κ2) is 16.5. The zero-order valence-corrected chi connectivity index (χ0v) is 39.0. The molecule has 1 heterocycles. The maximum Gasteiger partial charge on any atom is 0.0714 e. The normalized spacial score (nSPS) is 12.6. The molecule has 71 heavy (non-hydrogen) atoms. The van der Waals surface area contributed by atoms with Crippen molar-refractivity contribution in [1.82, 2.24) is 4.57 Å². The number of rotatable bonds is 8. The summed E-state index contributed by atoms with van der Waals surface area (Å²) in [6.45, 7) is 0. The van der Waals surface area contributed by atoms with Crippen molar-refractivity contribution in [1.29, 1.82) is 0 Å². The van der Waals surface area contributed by atoms with E-state index in [0.29, 0.717) is 0 Å². The molecule has 0 saturated carbocycles. The van der Waals surface area contributed by atoms with Crippen LogP contribution in [0.1, 0.15) is 22.3 Å². The Kier molecular flexibility index (Phi) is 9.47. The van der Waals surface area contributed by atoms with Gasteiger partial charge in [0, 0.05) is 33.4 Å². The highest BCUT2D eigenvalue weighted by Crippen LogP contribution is 2.59. The van der Waals surface area contributed by atoms with Crippen molar-refractivity contribution in [3.63, 3.8) is 0 Å². The molecule has 0 atom stereocenters. The van der Waals surface area contributed by atoms with E-state index >= 15 is 0 Å². The molecule has 0 unspecified atom stereocenters. The third kappa shape index (κ3) is 6.35. The molecule has 0 spiro atoms. The number of fused-ring (bicyclic) bond motifs is 9.